The number of amides is 4. The number of urea groups is 1. The highest BCUT2D eigenvalue weighted by Gasteiger charge is 2.25. The van der Waals surface area contributed by atoms with Gasteiger partial charge >= 0.3 is 6.03 Å². The number of aliphatic imine (C=N–C) groups is 1. The highest BCUT2D eigenvalue weighted by molar-refractivity contribution is 5.95. The fraction of sp³-hybridized carbons (Fsp3) is 0.552. The van der Waals surface area contributed by atoms with Crippen molar-refractivity contribution in [2.75, 3.05) is 44.6 Å². The van der Waals surface area contributed by atoms with E-state index in [1.165, 1.54) is 18.4 Å². The molecule has 7 N–H and O–H groups in total. The monoisotopic (exact) mass is 578 g/mol. The number of hydrazine groups is 1. The number of anilines is 1. The maximum Gasteiger partial charge on any atom is 0.314 e. The molecule has 0 bridgehead atoms. The van der Waals surface area contributed by atoms with Gasteiger partial charge in [-0.3, -0.25) is 20.4 Å². The molecule has 0 atom stereocenters. The SMILES string of the molecule is N#CCC(=O)N1CCC(c2ccc(NC3=C(C(N)=O)NNC(N4CCCCC4)=N3)cc2)CC1.NC(=O)N1CCCCC1. The van der Waals surface area contributed by atoms with Crippen LogP contribution in [0.1, 0.15) is 69.3 Å². The summed E-state index contributed by atoms with van der Waals surface area (Å²) in [5.74, 6) is 0.750. The third-order valence-corrected chi connectivity index (χ3v) is 8.05. The van der Waals surface area contributed by atoms with E-state index in [-0.39, 0.29) is 24.1 Å². The second kappa shape index (κ2) is 15.0. The third-order valence-electron chi connectivity index (χ3n) is 8.05. The smallest absolute Gasteiger partial charge is 0.314 e. The number of carbonyl (C=O) groups excluding carboxylic acids is 3. The van der Waals surface area contributed by atoms with Gasteiger partial charge in [0, 0.05) is 45.0 Å². The van der Waals surface area contributed by atoms with Gasteiger partial charge in [-0.25, -0.2) is 4.79 Å². The fourth-order valence-corrected chi connectivity index (χ4v) is 5.62. The zero-order valence-electron chi connectivity index (χ0n) is 24.1. The van der Waals surface area contributed by atoms with Crippen LogP contribution in [0.3, 0.4) is 0 Å². The Labute approximate surface area is 246 Å². The second-order valence-corrected chi connectivity index (χ2v) is 10.9. The summed E-state index contributed by atoms with van der Waals surface area (Å²) in [6.45, 7) is 4.90. The summed E-state index contributed by atoms with van der Waals surface area (Å²) in [5, 5.41) is 11.9. The first kappa shape index (κ1) is 30.5. The lowest BCUT2D eigenvalue weighted by Gasteiger charge is -2.33. The fourth-order valence-electron chi connectivity index (χ4n) is 5.62. The van der Waals surface area contributed by atoms with E-state index in [2.05, 4.69) is 38.2 Å². The molecular weight excluding hydrogens is 536 g/mol. The Kier molecular flexibility index (Phi) is 10.9. The lowest BCUT2D eigenvalue weighted by atomic mass is 9.89. The van der Waals surface area contributed by atoms with Crippen LogP contribution in [0.2, 0.25) is 0 Å². The van der Waals surface area contributed by atoms with Crippen LogP contribution in [-0.4, -0.2) is 77.8 Å². The minimum Gasteiger partial charge on any atom is -0.364 e. The number of hydrogen-bond acceptors (Lipinski definition) is 9. The van der Waals surface area contributed by atoms with Gasteiger partial charge in [0.25, 0.3) is 5.91 Å². The average Bonchev–Trinajstić information content (AvgIpc) is 3.02. The number of carbonyl (C=O) groups is 3. The van der Waals surface area contributed by atoms with Gasteiger partial charge in [0.2, 0.25) is 11.9 Å². The van der Waals surface area contributed by atoms with E-state index in [0.29, 0.717) is 30.8 Å². The van der Waals surface area contributed by atoms with Crippen LogP contribution in [0.15, 0.2) is 40.8 Å². The number of nitrogens with one attached hydrogen (secondary N) is 3. The lowest BCUT2D eigenvalue weighted by Crippen LogP contribution is -2.53. The van der Waals surface area contributed by atoms with Gasteiger partial charge in [0.15, 0.2) is 11.5 Å². The number of piperidine rings is 3. The summed E-state index contributed by atoms with van der Waals surface area (Å²) in [5.41, 5.74) is 18.7. The van der Waals surface area contributed by atoms with Gasteiger partial charge in [0.1, 0.15) is 6.42 Å². The molecule has 4 heterocycles. The van der Waals surface area contributed by atoms with Crippen LogP contribution < -0.4 is 27.6 Å². The number of guanidine groups is 1. The van der Waals surface area contributed by atoms with Crippen molar-refractivity contribution >= 4 is 29.5 Å². The number of rotatable bonds is 5. The molecule has 4 aliphatic heterocycles. The van der Waals surface area contributed by atoms with E-state index < -0.39 is 5.91 Å². The van der Waals surface area contributed by atoms with Crippen molar-refractivity contribution in [1.82, 2.24) is 25.6 Å². The molecule has 0 aliphatic carbocycles. The van der Waals surface area contributed by atoms with E-state index in [1.54, 1.807) is 9.80 Å². The van der Waals surface area contributed by atoms with Gasteiger partial charge in [-0.15, -0.1) is 0 Å². The highest BCUT2D eigenvalue weighted by Crippen LogP contribution is 2.29. The second-order valence-electron chi connectivity index (χ2n) is 10.9. The topological polar surface area (TPSA) is 185 Å². The Morgan fingerprint density at radius 1 is 0.881 bits per heavy atom. The summed E-state index contributed by atoms with van der Waals surface area (Å²) in [6.07, 6.45) is 8.61. The predicted octanol–water partition coefficient (Wildman–Crippen LogP) is 1.87. The Bertz CT molecular complexity index is 1200. The van der Waals surface area contributed by atoms with Crippen molar-refractivity contribution in [1.29, 1.82) is 5.26 Å². The molecule has 1 aromatic rings. The first-order chi connectivity index (χ1) is 20.4. The summed E-state index contributed by atoms with van der Waals surface area (Å²) < 4.78 is 0. The maximum absolute atomic E-state index is 11.9. The number of nitrogens with zero attached hydrogens (tertiary/aromatic N) is 5. The molecule has 0 radical (unpaired) electrons. The molecule has 0 spiro atoms. The maximum atomic E-state index is 11.9. The summed E-state index contributed by atoms with van der Waals surface area (Å²) in [7, 11) is 0. The molecule has 1 aromatic carbocycles. The Morgan fingerprint density at radius 3 is 2.05 bits per heavy atom. The highest BCUT2D eigenvalue weighted by atomic mass is 16.2. The average molecular weight is 579 g/mol. The number of nitrogens with two attached hydrogens (primary N) is 2. The molecule has 3 saturated heterocycles. The number of likely N-dealkylation sites (tertiary alicyclic amines) is 3. The predicted molar refractivity (Wildman–Crippen MR) is 159 cm³/mol. The molecule has 0 unspecified atom stereocenters. The van der Waals surface area contributed by atoms with E-state index in [9.17, 15) is 14.4 Å². The van der Waals surface area contributed by atoms with Crippen LogP contribution >= 0.6 is 0 Å². The zero-order chi connectivity index (χ0) is 29.9. The minimum atomic E-state index is -0.597. The summed E-state index contributed by atoms with van der Waals surface area (Å²) >= 11 is 0. The molecule has 5 rings (SSSR count). The van der Waals surface area contributed by atoms with Crippen LogP contribution in [0.4, 0.5) is 10.5 Å². The standard InChI is InChI=1S/C23H30N8O2.C6H12N2O/c24-11-8-19(32)30-14-9-17(10-15-30)16-4-6-18(7-5-16)26-22-20(21(25)33)28-29-23(27-22)31-12-2-1-3-13-31;7-6(9)8-4-2-1-3-5-8/h4-7,17,26,28H,1-3,8-10,12-15H2,(H2,25,33)(H,27,29);1-5H2,(H2,7,9). The van der Waals surface area contributed by atoms with Crippen LogP contribution in [0.25, 0.3) is 0 Å². The first-order valence-electron chi connectivity index (χ1n) is 14.8. The number of primary amides is 2. The Morgan fingerprint density at radius 2 is 1.50 bits per heavy atom. The van der Waals surface area contributed by atoms with Crippen molar-refractivity contribution in [3.63, 3.8) is 0 Å². The normalized spacial score (nSPS) is 19.3. The van der Waals surface area contributed by atoms with Gasteiger partial charge in [0.05, 0.1) is 6.07 Å². The molecule has 226 valence electrons. The summed E-state index contributed by atoms with van der Waals surface area (Å²) in [6, 6.07) is 9.71. The van der Waals surface area contributed by atoms with Crippen molar-refractivity contribution in [3.05, 3.63) is 41.3 Å². The Balaban J connectivity index is 0.000000385. The number of benzene rings is 1. The van der Waals surface area contributed by atoms with E-state index in [0.717, 1.165) is 70.4 Å². The van der Waals surface area contributed by atoms with Crippen LogP contribution in [-0.2, 0) is 9.59 Å². The van der Waals surface area contributed by atoms with E-state index in [1.807, 2.05) is 18.2 Å². The Hall–Kier alpha value is -4.47. The van der Waals surface area contributed by atoms with Gasteiger partial charge in [-0.05, 0) is 75.0 Å². The van der Waals surface area contributed by atoms with Crippen LogP contribution in [0.5, 0.6) is 0 Å². The molecule has 13 nitrogen and oxygen atoms in total. The molecule has 0 aromatic heterocycles. The first-order valence-corrected chi connectivity index (χ1v) is 14.8. The molecular formula is C29H42N10O3. The third kappa shape index (κ3) is 8.28. The van der Waals surface area contributed by atoms with E-state index >= 15 is 0 Å². The molecule has 3 fully saturated rings. The quantitative estimate of drug-likeness (QED) is 0.350. The number of hydrogen-bond donors (Lipinski definition) is 5. The molecule has 0 saturated carbocycles. The van der Waals surface area contributed by atoms with Crippen molar-refractivity contribution < 1.29 is 14.4 Å². The molecule has 4 amide bonds. The number of nitriles is 1. The minimum absolute atomic E-state index is 0.0551. The van der Waals surface area contributed by atoms with E-state index in [4.69, 9.17) is 16.7 Å². The van der Waals surface area contributed by atoms with Gasteiger partial charge in [-0.2, -0.15) is 10.3 Å². The van der Waals surface area contributed by atoms with Gasteiger partial charge in [-0.1, -0.05) is 12.1 Å². The van der Waals surface area contributed by atoms with Crippen molar-refractivity contribution in [2.45, 2.75) is 63.7 Å². The zero-order valence-corrected chi connectivity index (χ0v) is 24.1. The van der Waals surface area contributed by atoms with Crippen LogP contribution in [0, 0.1) is 11.3 Å². The summed E-state index contributed by atoms with van der Waals surface area (Å²) in [4.78, 5) is 44.6. The molecule has 13 heteroatoms. The molecule has 42 heavy (non-hydrogen) atoms. The largest absolute Gasteiger partial charge is 0.364 e. The van der Waals surface area contributed by atoms with Gasteiger partial charge < -0.3 is 31.5 Å². The van der Waals surface area contributed by atoms with Crippen molar-refractivity contribution in [2.24, 2.45) is 16.5 Å². The van der Waals surface area contributed by atoms with Crippen molar-refractivity contribution in [3.8, 4) is 6.07 Å². The lowest BCUT2D eigenvalue weighted by molar-refractivity contribution is -0.131. The molecule has 4 aliphatic rings.